The van der Waals surface area contributed by atoms with Gasteiger partial charge in [0, 0.05) is 30.3 Å². The lowest BCUT2D eigenvalue weighted by Crippen LogP contribution is -2.35. The van der Waals surface area contributed by atoms with E-state index < -0.39 is 4.92 Å². The van der Waals surface area contributed by atoms with Gasteiger partial charge in [-0.25, -0.2) is 0 Å². The second-order valence-electron chi connectivity index (χ2n) is 5.27. The highest BCUT2D eigenvalue weighted by Gasteiger charge is 2.24. The molecule has 3 N–H and O–H groups in total. The zero-order valence-electron chi connectivity index (χ0n) is 11.2. The van der Waals surface area contributed by atoms with Crippen molar-refractivity contribution in [3.8, 4) is 0 Å². The van der Waals surface area contributed by atoms with Gasteiger partial charge in [0.05, 0.1) is 4.92 Å². The number of carbonyl (C=O) groups excluding carboxylic acids is 1. The van der Waals surface area contributed by atoms with E-state index in [0.29, 0.717) is 12.1 Å². The van der Waals surface area contributed by atoms with E-state index in [1.165, 1.54) is 12.1 Å². The van der Waals surface area contributed by atoms with Crippen LogP contribution in [0.25, 0.3) is 0 Å². The molecule has 0 bridgehead atoms. The molecule has 6 nitrogen and oxygen atoms in total. The fourth-order valence-corrected chi connectivity index (χ4v) is 2.64. The molecule has 1 amide bonds. The number of rotatable bonds is 4. The lowest BCUT2D eigenvalue weighted by Gasteiger charge is -2.27. The predicted octanol–water partition coefficient (Wildman–Crippen LogP) is 2.44. The van der Waals surface area contributed by atoms with Crippen LogP contribution in [-0.4, -0.2) is 16.9 Å². The summed E-state index contributed by atoms with van der Waals surface area (Å²) in [5, 5.41) is 13.4. The topological polar surface area (TPSA) is 98.3 Å². The summed E-state index contributed by atoms with van der Waals surface area (Å²) in [6, 6.07) is 6.04. The van der Waals surface area contributed by atoms with Crippen molar-refractivity contribution < 1.29 is 9.72 Å². The van der Waals surface area contributed by atoms with Gasteiger partial charge in [-0.15, -0.1) is 0 Å². The number of non-ortho nitro benzene ring substituents is 1. The number of amides is 1. The van der Waals surface area contributed by atoms with Crippen molar-refractivity contribution in [3.05, 3.63) is 34.4 Å². The quantitative estimate of drug-likeness (QED) is 0.652. The Kier molecular flexibility index (Phi) is 4.68. The number of benzene rings is 1. The fraction of sp³-hybridized carbons (Fsp3) is 0.500. The van der Waals surface area contributed by atoms with Gasteiger partial charge in [-0.2, -0.15) is 0 Å². The van der Waals surface area contributed by atoms with Gasteiger partial charge < -0.3 is 11.1 Å². The van der Waals surface area contributed by atoms with Crippen LogP contribution in [0.5, 0.6) is 0 Å². The van der Waals surface area contributed by atoms with Crippen molar-refractivity contribution in [2.75, 3.05) is 5.32 Å². The lowest BCUT2D eigenvalue weighted by atomic mass is 9.83. The van der Waals surface area contributed by atoms with E-state index in [2.05, 4.69) is 5.32 Å². The Hall–Kier alpha value is -1.95. The highest BCUT2D eigenvalue weighted by molar-refractivity contribution is 5.91. The van der Waals surface area contributed by atoms with Gasteiger partial charge in [-0.1, -0.05) is 18.9 Å². The Labute approximate surface area is 117 Å². The van der Waals surface area contributed by atoms with Gasteiger partial charge in [-0.05, 0) is 24.8 Å². The summed E-state index contributed by atoms with van der Waals surface area (Å²) in [6.45, 7) is 0. The Morgan fingerprint density at radius 1 is 1.40 bits per heavy atom. The molecule has 2 rings (SSSR count). The van der Waals surface area contributed by atoms with Crippen molar-refractivity contribution >= 4 is 17.3 Å². The number of nitrogens with two attached hydrogens (primary N) is 1. The second kappa shape index (κ2) is 6.47. The van der Waals surface area contributed by atoms with Crippen LogP contribution in [0.3, 0.4) is 0 Å². The molecule has 0 aliphatic heterocycles. The van der Waals surface area contributed by atoms with Crippen molar-refractivity contribution in [3.63, 3.8) is 0 Å². The van der Waals surface area contributed by atoms with E-state index in [1.807, 2.05) is 0 Å². The van der Waals surface area contributed by atoms with Crippen LogP contribution in [0, 0.1) is 16.0 Å². The average molecular weight is 277 g/mol. The molecule has 0 saturated heterocycles. The maximum absolute atomic E-state index is 12.0. The maximum atomic E-state index is 12.0. The summed E-state index contributed by atoms with van der Waals surface area (Å²) < 4.78 is 0. The summed E-state index contributed by atoms with van der Waals surface area (Å²) in [4.78, 5) is 22.2. The standard InChI is InChI=1S/C14H19N3O3/c15-13-7-2-1-4-10(13)8-14(18)16-11-5-3-6-12(9-11)17(19)20/h3,5-6,9-10,13H,1-2,4,7-8,15H2,(H,16,18). The molecule has 0 heterocycles. The third-order valence-electron chi connectivity index (χ3n) is 3.76. The van der Waals surface area contributed by atoms with E-state index in [0.717, 1.165) is 25.7 Å². The molecule has 0 radical (unpaired) electrons. The van der Waals surface area contributed by atoms with Crippen LogP contribution in [0.15, 0.2) is 24.3 Å². The first-order valence-corrected chi connectivity index (χ1v) is 6.86. The average Bonchev–Trinajstić information content (AvgIpc) is 2.41. The molecule has 20 heavy (non-hydrogen) atoms. The molecule has 1 aliphatic carbocycles. The molecule has 6 heteroatoms. The zero-order valence-corrected chi connectivity index (χ0v) is 11.2. The monoisotopic (exact) mass is 277 g/mol. The summed E-state index contributed by atoms with van der Waals surface area (Å²) in [7, 11) is 0. The van der Waals surface area contributed by atoms with Crippen molar-refractivity contribution in [1.29, 1.82) is 0 Å². The molecule has 1 aromatic carbocycles. The van der Waals surface area contributed by atoms with Crippen LogP contribution in [0.1, 0.15) is 32.1 Å². The molecule has 2 unspecified atom stereocenters. The molecule has 1 aromatic rings. The summed E-state index contributed by atoms with van der Waals surface area (Å²) in [5.41, 5.74) is 6.44. The Balaban J connectivity index is 1.94. The lowest BCUT2D eigenvalue weighted by molar-refractivity contribution is -0.384. The molecule has 108 valence electrons. The van der Waals surface area contributed by atoms with Crippen LogP contribution >= 0.6 is 0 Å². The number of hydrogen-bond acceptors (Lipinski definition) is 4. The molecule has 1 aliphatic rings. The fourth-order valence-electron chi connectivity index (χ4n) is 2.64. The minimum atomic E-state index is -0.479. The number of nitro benzene ring substituents is 1. The van der Waals surface area contributed by atoms with E-state index in [-0.39, 0.29) is 23.6 Å². The minimum absolute atomic E-state index is 0.0304. The Bertz CT molecular complexity index is 504. The minimum Gasteiger partial charge on any atom is -0.327 e. The predicted molar refractivity (Wildman–Crippen MR) is 76.3 cm³/mol. The van der Waals surface area contributed by atoms with Crippen molar-refractivity contribution in [1.82, 2.24) is 0 Å². The number of carbonyl (C=O) groups is 1. The highest BCUT2D eigenvalue weighted by atomic mass is 16.6. The summed E-state index contributed by atoms with van der Waals surface area (Å²) in [5.74, 6) is 0.0790. The number of anilines is 1. The van der Waals surface area contributed by atoms with E-state index in [1.54, 1.807) is 12.1 Å². The smallest absolute Gasteiger partial charge is 0.271 e. The van der Waals surface area contributed by atoms with Crippen molar-refractivity contribution in [2.45, 2.75) is 38.1 Å². The first-order valence-electron chi connectivity index (χ1n) is 6.86. The SMILES string of the molecule is NC1CCCCC1CC(=O)Nc1cccc([N+](=O)[O-])c1. The van der Waals surface area contributed by atoms with E-state index in [4.69, 9.17) is 5.73 Å². The number of nitrogens with zero attached hydrogens (tertiary/aromatic N) is 1. The number of hydrogen-bond donors (Lipinski definition) is 2. The molecule has 1 saturated carbocycles. The third-order valence-corrected chi connectivity index (χ3v) is 3.76. The largest absolute Gasteiger partial charge is 0.327 e. The first-order chi connectivity index (χ1) is 9.56. The molecule has 0 spiro atoms. The van der Waals surface area contributed by atoms with Crippen molar-refractivity contribution in [2.24, 2.45) is 11.7 Å². The van der Waals surface area contributed by atoms with Gasteiger partial charge in [0.1, 0.15) is 0 Å². The van der Waals surface area contributed by atoms with E-state index >= 15 is 0 Å². The molecular formula is C14H19N3O3. The summed E-state index contributed by atoms with van der Waals surface area (Å²) in [6.07, 6.45) is 4.56. The molecule has 1 fully saturated rings. The molecule has 0 aromatic heterocycles. The maximum Gasteiger partial charge on any atom is 0.271 e. The highest BCUT2D eigenvalue weighted by Crippen LogP contribution is 2.26. The molecular weight excluding hydrogens is 258 g/mol. The van der Waals surface area contributed by atoms with E-state index in [9.17, 15) is 14.9 Å². The van der Waals surface area contributed by atoms with Gasteiger partial charge in [0.2, 0.25) is 5.91 Å². The zero-order chi connectivity index (χ0) is 14.5. The van der Waals surface area contributed by atoms with Gasteiger partial charge in [0.15, 0.2) is 0 Å². The molecule has 2 atom stereocenters. The Morgan fingerprint density at radius 2 is 2.15 bits per heavy atom. The van der Waals surface area contributed by atoms with Crippen LogP contribution in [0.2, 0.25) is 0 Å². The number of nitro groups is 1. The third kappa shape index (κ3) is 3.77. The van der Waals surface area contributed by atoms with Gasteiger partial charge in [-0.3, -0.25) is 14.9 Å². The first kappa shape index (κ1) is 14.5. The summed E-state index contributed by atoms with van der Waals surface area (Å²) >= 11 is 0. The Morgan fingerprint density at radius 3 is 2.85 bits per heavy atom. The van der Waals surface area contributed by atoms with Crippen LogP contribution in [0.4, 0.5) is 11.4 Å². The van der Waals surface area contributed by atoms with Crippen LogP contribution in [-0.2, 0) is 4.79 Å². The normalized spacial score (nSPS) is 22.2. The second-order valence-corrected chi connectivity index (χ2v) is 5.27. The van der Waals surface area contributed by atoms with Gasteiger partial charge in [0.25, 0.3) is 5.69 Å². The van der Waals surface area contributed by atoms with Crippen LogP contribution < -0.4 is 11.1 Å². The van der Waals surface area contributed by atoms with Gasteiger partial charge >= 0.3 is 0 Å². The number of nitrogens with one attached hydrogen (secondary N) is 1.